The van der Waals surface area contributed by atoms with Crippen molar-refractivity contribution in [2.75, 3.05) is 31.3 Å². The number of halogens is 1. The van der Waals surface area contributed by atoms with Crippen LogP contribution in [0.2, 0.25) is 0 Å². The molecule has 1 aliphatic heterocycles. The Morgan fingerprint density at radius 2 is 2.00 bits per heavy atom. The lowest BCUT2D eigenvalue weighted by Gasteiger charge is -2.21. The Morgan fingerprint density at radius 1 is 1.29 bits per heavy atom. The van der Waals surface area contributed by atoms with Gasteiger partial charge >= 0.3 is 0 Å². The van der Waals surface area contributed by atoms with Crippen molar-refractivity contribution >= 4 is 29.4 Å². The van der Waals surface area contributed by atoms with Crippen LogP contribution in [0, 0.1) is 5.82 Å². The summed E-state index contributed by atoms with van der Waals surface area (Å²) in [5.74, 6) is 1.08. The van der Waals surface area contributed by atoms with Gasteiger partial charge in [-0.05, 0) is 37.1 Å². The van der Waals surface area contributed by atoms with E-state index >= 15 is 0 Å². The molecule has 1 aromatic rings. The van der Waals surface area contributed by atoms with Crippen LogP contribution in [-0.2, 0) is 9.53 Å². The number of amides is 1. The van der Waals surface area contributed by atoms with Gasteiger partial charge in [-0.2, -0.15) is 11.8 Å². The summed E-state index contributed by atoms with van der Waals surface area (Å²) in [4.78, 5) is 12.6. The van der Waals surface area contributed by atoms with Gasteiger partial charge in [0.25, 0.3) is 0 Å². The molecular formula is C15H20FNO2S2. The molecule has 0 aromatic heterocycles. The Balaban J connectivity index is 1.54. The molecule has 21 heavy (non-hydrogen) atoms. The predicted octanol–water partition coefficient (Wildman–Crippen LogP) is 2.95. The van der Waals surface area contributed by atoms with Crippen LogP contribution in [0.4, 0.5) is 4.39 Å². The summed E-state index contributed by atoms with van der Waals surface area (Å²) in [6.07, 6.45) is 2.22. The summed E-state index contributed by atoms with van der Waals surface area (Å²) in [7, 11) is 0. The molecule has 0 saturated carbocycles. The minimum atomic E-state index is -0.256. The summed E-state index contributed by atoms with van der Waals surface area (Å²) >= 11 is 3.33. The number of rotatable bonds is 7. The monoisotopic (exact) mass is 329 g/mol. The second kappa shape index (κ2) is 9.33. The first-order valence-electron chi connectivity index (χ1n) is 7.08. The standard InChI is InChI=1S/C15H20FNO2S2/c16-12-1-3-13(4-2-12)21-11-15(18)17-7-10-20-14-5-8-19-9-6-14/h1-4,14H,5-11H2,(H,17,18). The van der Waals surface area contributed by atoms with Crippen LogP contribution < -0.4 is 5.32 Å². The maximum atomic E-state index is 12.7. The molecule has 116 valence electrons. The van der Waals surface area contributed by atoms with Crippen molar-refractivity contribution in [2.24, 2.45) is 0 Å². The van der Waals surface area contributed by atoms with E-state index in [1.165, 1.54) is 23.9 Å². The molecule has 2 rings (SSSR count). The van der Waals surface area contributed by atoms with Gasteiger partial charge in [0.1, 0.15) is 5.82 Å². The fourth-order valence-corrected chi connectivity index (χ4v) is 3.80. The highest BCUT2D eigenvalue weighted by Crippen LogP contribution is 2.21. The largest absolute Gasteiger partial charge is 0.381 e. The Labute approximate surface area is 133 Å². The van der Waals surface area contributed by atoms with E-state index in [1.54, 1.807) is 12.1 Å². The van der Waals surface area contributed by atoms with E-state index in [4.69, 9.17) is 4.74 Å². The van der Waals surface area contributed by atoms with Crippen molar-refractivity contribution in [1.29, 1.82) is 0 Å². The summed E-state index contributed by atoms with van der Waals surface area (Å²) in [5, 5.41) is 3.59. The molecular weight excluding hydrogens is 309 g/mol. The molecule has 1 aromatic carbocycles. The fraction of sp³-hybridized carbons (Fsp3) is 0.533. The summed E-state index contributed by atoms with van der Waals surface area (Å²) in [6, 6.07) is 6.19. The lowest BCUT2D eigenvalue weighted by atomic mass is 10.2. The number of hydrogen-bond acceptors (Lipinski definition) is 4. The van der Waals surface area contributed by atoms with Gasteiger partial charge in [0.15, 0.2) is 0 Å². The molecule has 0 bridgehead atoms. The van der Waals surface area contributed by atoms with Gasteiger partial charge < -0.3 is 10.1 Å². The van der Waals surface area contributed by atoms with E-state index in [0.717, 1.165) is 36.7 Å². The number of benzene rings is 1. The summed E-state index contributed by atoms with van der Waals surface area (Å²) in [5.41, 5.74) is 0. The molecule has 1 heterocycles. The molecule has 1 N–H and O–H groups in total. The Hall–Kier alpha value is -0.720. The molecule has 0 radical (unpaired) electrons. The molecule has 1 amide bonds. The number of nitrogens with one attached hydrogen (secondary N) is 1. The van der Waals surface area contributed by atoms with E-state index in [-0.39, 0.29) is 11.7 Å². The lowest BCUT2D eigenvalue weighted by Crippen LogP contribution is -2.28. The summed E-state index contributed by atoms with van der Waals surface area (Å²) < 4.78 is 18.1. The number of thioether (sulfide) groups is 2. The highest BCUT2D eigenvalue weighted by Gasteiger charge is 2.13. The maximum absolute atomic E-state index is 12.7. The van der Waals surface area contributed by atoms with Gasteiger partial charge in [0.2, 0.25) is 5.91 Å². The smallest absolute Gasteiger partial charge is 0.230 e. The van der Waals surface area contributed by atoms with Crippen LogP contribution in [0.25, 0.3) is 0 Å². The molecule has 0 aliphatic carbocycles. The van der Waals surface area contributed by atoms with Crippen molar-refractivity contribution in [3.8, 4) is 0 Å². The van der Waals surface area contributed by atoms with Gasteiger partial charge in [-0.3, -0.25) is 4.79 Å². The zero-order valence-electron chi connectivity index (χ0n) is 11.8. The van der Waals surface area contributed by atoms with E-state index in [9.17, 15) is 9.18 Å². The highest BCUT2D eigenvalue weighted by atomic mass is 32.2. The summed E-state index contributed by atoms with van der Waals surface area (Å²) in [6.45, 7) is 2.42. The topological polar surface area (TPSA) is 38.3 Å². The molecule has 3 nitrogen and oxygen atoms in total. The zero-order chi connectivity index (χ0) is 14.9. The Kier molecular flexibility index (Phi) is 7.39. The minimum absolute atomic E-state index is 0.0249. The molecule has 0 spiro atoms. The third kappa shape index (κ3) is 6.72. The quantitative estimate of drug-likeness (QED) is 0.616. The number of carbonyl (C=O) groups excluding carboxylic acids is 1. The van der Waals surface area contributed by atoms with Crippen molar-refractivity contribution in [3.63, 3.8) is 0 Å². The van der Waals surface area contributed by atoms with Crippen molar-refractivity contribution in [1.82, 2.24) is 5.32 Å². The number of carbonyl (C=O) groups is 1. The minimum Gasteiger partial charge on any atom is -0.381 e. The van der Waals surface area contributed by atoms with Crippen molar-refractivity contribution in [3.05, 3.63) is 30.1 Å². The van der Waals surface area contributed by atoms with Crippen LogP contribution in [-0.4, -0.2) is 42.4 Å². The molecule has 0 atom stereocenters. The lowest BCUT2D eigenvalue weighted by molar-refractivity contribution is -0.118. The first-order valence-corrected chi connectivity index (χ1v) is 9.12. The molecule has 0 unspecified atom stereocenters. The van der Waals surface area contributed by atoms with Gasteiger partial charge in [-0.1, -0.05) is 0 Å². The normalized spacial score (nSPS) is 15.9. The third-order valence-electron chi connectivity index (χ3n) is 3.13. The van der Waals surface area contributed by atoms with E-state index in [1.807, 2.05) is 11.8 Å². The molecule has 1 aliphatic rings. The maximum Gasteiger partial charge on any atom is 0.230 e. The van der Waals surface area contributed by atoms with Gasteiger partial charge in [0.05, 0.1) is 5.75 Å². The van der Waals surface area contributed by atoms with E-state index in [0.29, 0.717) is 17.5 Å². The average molecular weight is 329 g/mol. The van der Waals surface area contributed by atoms with Gasteiger partial charge in [-0.15, -0.1) is 11.8 Å². The Morgan fingerprint density at radius 3 is 2.71 bits per heavy atom. The van der Waals surface area contributed by atoms with Crippen molar-refractivity contribution in [2.45, 2.75) is 23.0 Å². The fourth-order valence-electron chi connectivity index (χ4n) is 1.99. The van der Waals surface area contributed by atoms with Gasteiger partial charge in [0, 0.05) is 35.7 Å². The first kappa shape index (κ1) is 16.6. The second-order valence-corrected chi connectivity index (χ2v) is 7.23. The van der Waals surface area contributed by atoms with Gasteiger partial charge in [-0.25, -0.2) is 4.39 Å². The predicted molar refractivity (Wildman–Crippen MR) is 86.4 cm³/mol. The second-order valence-electron chi connectivity index (χ2n) is 4.78. The number of ether oxygens (including phenoxy) is 1. The van der Waals surface area contributed by atoms with Crippen LogP contribution in [0.3, 0.4) is 0 Å². The first-order chi connectivity index (χ1) is 10.2. The average Bonchev–Trinajstić information content (AvgIpc) is 2.52. The SMILES string of the molecule is O=C(CSc1ccc(F)cc1)NCCSC1CCOCC1. The van der Waals surface area contributed by atoms with Crippen LogP contribution in [0.5, 0.6) is 0 Å². The third-order valence-corrected chi connectivity index (χ3v) is 5.52. The van der Waals surface area contributed by atoms with E-state index in [2.05, 4.69) is 5.32 Å². The molecule has 1 saturated heterocycles. The van der Waals surface area contributed by atoms with Crippen molar-refractivity contribution < 1.29 is 13.9 Å². The molecule has 1 fully saturated rings. The van der Waals surface area contributed by atoms with Crippen LogP contribution >= 0.6 is 23.5 Å². The van der Waals surface area contributed by atoms with Crippen LogP contribution in [0.15, 0.2) is 29.2 Å². The zero-order valence-corrected chi connectivity index (χ0v) is 13.5. The molecule has 6 heteroatoms. The highest BCUT2D eigenvalue weighted by molar-refractivity contribution is 8.00. The Bertz CT molecular complexity index is 436. The van der Waals surface area contributed by atoms with E-state index < -0.39 is 0 Å². The van der Waals surface area contributed by atoms with Crippen LogP contribution in [0.1, 0.15) is 12.8 Å². The number of hydrogen-bond donors (Lipinski definition) is 1.